The maximum Gasteiger partial charge on any atom is 0.285 e. The SMILES string of the molecule is Cc1ccc(CN(C(=O)CN(C)C2=NS(=O)(=O)c3ccccc32)C(C)C)o1. The largest absolute Gasteiger partial charge is 0.464 e. The van der Waals surface area contributed by atoms with Gasteiger partial charge in [-0.05, 0) is 45.0 Å². The van der Waals surface area contributed by atoms with Crippen LogP contribution in [-0.4, -0.2) is 49.6 Å². The summed E-state index contributed by atoms with van der Waals surface area (Å²) in [6.45, 7) is 6.09. The topological polar surface area (TPSA) is 83.2 Å². The summed E-state index contributed by atoms with van der Waals surface area (Å²) in [5.74, 6) is 1.66. The molecule has 27 heavy (non-hydrogen) atoms. The number of furan rings is 1. The molecule has 1 amide bonds. The predicted octanol–water partition coefficient (Wildman–Crippen LogP) is 2.41. The highest BCUT2D eigenvalue weighted by Gasteiger charge is 2.31. The molecule has 0 fully saturated rings. The fraction of sp³-hybridized carbons (Fsp3) is 0.368. The molecular formula is C19H23N3O4S. The number of hydrogen-bond donors (Lipinski definition) is 0. The van der Waals surface area contributed by atoms with Gasteiger partial charge in [0.25, 0.3) is 10.0 Å². The zero-order valence-corrected chi connectivity index (χ0v) is 16.7. The van der Waals surface area contributed by atoms with Crippen molar-refractivity contribution < 1.29 is 17.6 Å². The van der Waals surface area contributed by atoms with Crippen molar-refractivity contribution in [3.63, 3.8) is 0 Å². The lowest BCUT2D eigenvalue weighted by Crippen LogP contribution is -2.43. The van der Waals surface area contributed by atoms with Gasteiger partial charge in [-0.3, -0.25) is 4.79 Å². The number of fused-ring (bicyclic) bond motifs is 1. The van der Waals surface area contributed by atoms with Crippen molar-refractivity contribution in [1.29, 1.82) is 0 Å². The van der Waals surface area contributed by atoms with Crippen LogP contribution in [0, 0.1) is 6.92 Å². The highest BCUT2D eigenvalue weighted by atomic mass is 32.2. The van der Waals surface area contributed by atoms with Crippen molar-refractivity contribution in [2.45, 2.75) is 38.3 Å². The Bertz CT molecular complexity index is 992. The zero-order valence-electron chi connectivity index (χ0n) is 15.8. The normalized spacial score (nSPS) is 14.8. The van der Waals surface area contributed by atoms with Crippen molar-refractivity contribution in [3.05, 3.63) is 53.5 Å². The van der Waals surface area contributed by atoms with E-state index in [1.54, 1.807) is 35.0 Å². The summed E-state index contributed by atoms with van der Waals surface area (Å²) in [5.41, 5.74) is 0.519. The predicted molar refractivity (Wildman–Crippen MR) is 102 cm³/mol. The maximum atomic E-state index is 12.9. The van der Waals surface area contributed by atoms with Crippen LogP contribution < -0.4 is 0 Å². The molecule has 8 heteroatoms. The minimum Gasteiger partial charge on any atom is -0.464 e. The Morgan fingerprint density at radius 3 is 2.52 bits per heavy atom. The number of aryl methyl sites for hydroxylation is 1. The van der Waals surface area contributed by atoms with E-state index in [2.05, 4.69) is 4.40 Å². The first-order valence-corrected chi connectivity index (χ1v) is 10.1. The Labute approximate surface area is 159 Å². The molecule has 3 rings (SSSR count). The summed E-state index contributed by atoms with van der Waals surface area (Å²) in [6.07, 6.45) is 0. The Kier molecular flexibility index (Phi) is 5.10. The van der Waals surface area contributed by atoms with Gasteiger partial charge >= 0.3 is 0 Å². The highest BCUT2D eigenvalue weighted by molar-refractivity contribution is 7.90. The average Bonchev–Trinajstić information content (AvgIpc) is 3.13. The minimum atomic E-state index is -3.71. The summed E-state index contributed by atoms with van der Waals surface area (Å²) in [5, 5.41) is 0. The second-order valence-electron chi connectivity index (χ2n) is 6.87. The molecule has 0 aliphatic carbocycles. The molecular weight excluding hydrogens is 366 g/mol. The summed E-state index contributed by atoms with van der Waals surface area (Å²) in [6, 6.07) is 10.3. The molecule has 0 N–H and O–H groups in total. The van der Waals surface area contributed by atoms with Crippen LogP contribution in [0.5, 0.6) is 0 Å². The Hall–Kier alpha value is -2.61. The molecule has 0 unspecified atom stereocenters. The number of benzene rings is 1. The molecule has 1 aliphatic rings. The summed E-state index contributed by atoms with van der Waals surface area (Å²) < 4.78 is 33.9. The van der Waals surface area contributed by atoms with Crippen LogP contribution in [0.2, 0.25) is 0 Å². The molecule has 2 heterocycles. The molecule has 0 spiro atoms. The lowest BCUT2D eigenvalue weighted by atomic mass is 10.2. The van der Waals surface area contributed by atoms with E-state index in [1.165, 1.54) is 6.07 Å². The summed E-state index contributed by atoms with van der Waals surface area (Å²) in [7, 11) is -2.04. The van der Waals surface area contributed by atoms with Crippen LogP contribution in [0.1, 0.15) is 30.9 Å². The van der Waals surface area contributed by atoms with E-state index in [9.17, 15) is 13.2 Å². The number of carbonyl (C=O) groups excluding carboxylic acids is 1. The number of hydrogen-bond acceptors (Lipinski definition) is 5. The van der Waals surface area contributed by atoms with Gasteiger partial charge in [-0.15, -0.1) is 4.40 Å². The molecule has 7 nitrogen and oxygen atoms in total. The van der Waals surface area contributed by atoms with Gasteiger partial charge in [0.2, 0.25) is 5.91 Å². The van der Waals surface area contributed by atoms with Crippen molar-refractivity contribution >= 4 is 21.8 Å². The van der Waals surface area contributed by atoms with E-state index >= 15 is 0 Å². The zero-order chi connectivity index (χ0) is 19.8. The standard InChI is InChI=1S/C19H23N3O4S/c1-13(2)22(11-15-10-9-14(3)26-15)18(23)12-21(4)19-16-7-5-6-8-17(16)27(24,25)20-19/h5-10,13H,11-12H2,1-4H3. The maximum absolute atomic E-state index is 12.9. The van der Waals surface area contributed by atoms with Crippen molar-refractivity contribution in [2.24, 2.45) is 4.40 Å². The highest BCUT2D eigenvalue weighted by Crippen LogP contribution is 2.27. The van der Waals surface area contributed by atoms with Crippen molar-refractivity contribution in [2.75, 3.05) is 13.6 Å². The molecule has 1 aromatic heterocycles. The third-order valence-electron chi connectivity index (χ3n) is 4.41. The smallest absolute Gasteiger partial charge is 0.285 e. The van der Waals surface area contributed by atoms with Crippen molar-refractivity contribution in [1.82, 2.24) is 9.80 Å². The molecule has 2 aromatic rings. The molecule has 1 aliphatic heterocycles. The van der Waals surface area contributed by atoms with E-state index < -0.39 is 10.0 Å². The van der Waals surface area contributed by atoms with Gasteiger partial charge < -0.3 is 14.2 Å². The van der Waals surface area contributed by atoms with Crippen LogP contribution in [-0.2, 0) is 21.4 Å². The Balaban J connectivity index is 1.78. The fourth-order valence-corrected chi connectivity index (χ4v) is 4.28. The first-order chi connectivity index (χ1) is 12.7. The molecule has 1 aromatic carbocycles. The number of amidine groups is 1. The minimum absolute atomic E-state index is 0.0144. The first kappa shape index (κ1) is 19.2. The molecule has 144 valence electrons. The van der Waals surface area contributed by atoms with E-state index in [1.807, 2.05) is 32.9 Å². The number of amides is 1. The van der Waals surface area contributed by atoms with Crippen LogP contribution in [0.15, 0.2) is 50.1 Å². The number of likely N-dealkylation sites (N-methyl/N-ethyl adjacent to an activating group) is 1. The van der Waals surface area contributed by atoms with E-state index in [0.29, 0.717) is 17.9 Å². The van der Waals surface area contributed by atoms with E-state index in [4.69, 9.17) is 4.42 Å². The quantitative estimate of drug-likeness (QED) is 0.784. The molecule has 0 bridgehead atoms. The van der Waals surface area contributed by atoms with Crippen molar-refractivity contribution in [3.8, 4) is 0 Å². The third kappa shape index (κ3) is 3.90. The van der Waals surface area contributed by atoms with Crippen LogP contribution in [0.4, 0.5) is 0 Å². The number of rotatable bonds is 5. The van der Waals surface area contributed by atoms with Gasteiger partial charge in [0.05, 0.1) is 13.1 Å². The average molecular weight is 389 g/mol. The molecule has 0 atom stereocenters. The lowest BCUT2D eigenvalue weighted by Gasteiger charge is -2.28. The fourth-order valence-electron chi connectivity index (χ4n) is 3.03. The number of nitrogens with zero attached hydrogens (tertiary/aromatic N) is 3. The summed E-state index contributed by atoms with van der Waals surface area (Å²) in [4.78, 5) is 16.3. The van der Waals surface area contributed by atoms with E-state index in [0.717, 1.165) is 5.76 Å². The van der Waals surface area contributed by atoms with Gasteiger partial charge in [0, 0.05) is 18.7 Å². The van der Waals surface area contributed by atoms with Crippen LogP contribution in [0.3, 0.4) is 0 Å². The van der Waals surface area contributed by atoms with Crippen LogP contribution >= 0.6 is 0 Å². The lowest BCUT2D eigenvalue weighted by molar-refractivity contribution is -0.134. The number of sulfonamides is 1. The second-order valence-corrected chi connectivity index (χ2v) is 8.44. The second kappa shape index (κ2) is 7.19. The van der Waals surface area contributed by atoms with Gasteiger partial charge in [0.15, 0.2) is 5.84 Å². The molecule has 0 saturated carbocycles. The number of carbonyl (C=O) groups is 1. The van der Waals surface area contributed by atoms with Gasteiger partial charge in [0.1, 0.15) is 16.4 Å². The summed E-state index contributed by atoms with van der Waals surface area (Å²) >= 11 is 0. The van der Waals surface area contributed by atoms with Gasteiger partial charge in [-0.2, -0.15) is 8.42 Å². The third-order valence-corrected chi connectivity index (χ3v) is 5.74. The molecule has 0 radical (unpaired) electrons. The monoisotopic (exact) mass is 389 g/mol. The Morgan fingerprint density at radius 2 is 1.89 bits per heavy atom. The van der Waals surface area contributed by atoms with Gasteiger partial charge in [-0.1, -0.05) is 12.1 Å². The van der Waals surface area contributed by atoms with Gasteiger partial charge in [-0.25, -0.2) is 0 Å². The van der Waals surface area contributed by atoms with E-state index in [-0.39, 0.29) is 29.2 Å². The Morgan fingerprint density at radius 1 is 1.19 bits per heavy atom. The first-order valence-electron chi connectivity index (χ1n) is 8.69. The molecule has 0 saturated heterocycles. The van der Waals surface area contributed by atoms with Crippen LogP contribution in [0.25, 0.3) is 0 Å².